The Balaban J connectivity index is 1.63. The smallest absolute Gasteiger partial charge is 0.253 e. The van der Waals surface area contributed by atoms with E-state index in [9.17, 15) is 14.0 Å². The predicted octanol–water partition coefficient (Wildman–Crippen LogP) is 3.01. The van der Waals surface area contributed by atoms with Crippen molar-refractivity contribution in [1.82, 2.24) is 25.1 Å². The molecular weight excluding hydrogens is 407 g/mol. The highest BCUT2D eigenvalue weighted by Crippen LogP contribution is 2.19. The third-order valence-corrected chi connectivity index (χ3v) is 5.19. The summed E-state index contributed by atoms with van der Waals surface area (Å²) in [5.74, 6) is -0.721. The van der Waals surface area contributed by atoms with Gasteiger partial charge in [-0.2, -0.15) is 4.68 Å². The molecule has 0 unspecified atom stereocenters. The SMILES string of the molecule is CCN(CC)C(=O)c1cccc(NC(=O)CSc2nnnn2-c2cccc(F)c2)c1. The molecule has 0 aliphatic rings. The summed E-state index contributed by atoms with van der Waals surface area (Å²) in [5, 5.41) is 14.5. The van der Waals surface area contributed by atoms with E-state index in [1.54, 1.807) is 41.3 Å². The molecule has 8 nitrogen and oxygen atoms in total. The number of nitrogens with one attached hydrogen (secondary N) is 1. The first-order valence-corrected chi connectivity index (χ1v) is 10.4. The molecule has 1 N–H and O–H groups in total. The largest absolute Gasteiger partial charge is 0.339 e. The number of tetrazole rings is 1. The first kappa shape index (κ1) is 21.4. The molecule has 30 heavy (non-hydrogen) atoms. The quantitative estimate of drug-likeness (QED) is 0.555. The summed E-state index contributed by atoms with van der Waals surface area (Å²) < 4.78 is 14.8. The van der Waals surface area contributed by atoms with Gasteiger partial charge >= 0.3 is 0 Å². The number of carbonyl (C=O) groups excluding carboxylic acids is 2. The van der Waals surface area contributed by atoms with Gasteiger partial charge in [0.05, 0.1) is 11.4 Å². The molecule has 3 aromatic rings. The first-order chi connectivity index (χ1) is 14.5. The van der Waals surface area contributed by atoms with Crippen LogP contribution in [0.25, 0.3) is 5.69 Å². The molecule has 0 radical (unpaired) electrons. The fourth-order valence-corrected chi connectivity index (χ4v) is 3.48. The maximum Gasteiger partial charge on any atom is 0.253 e. The van der Waals surface area contributed by atoms with Gasteiger partial charge in [-0.1, -0.05) is 23.9 Å². The number of carbonyl (C=O) groups is 2. The van der Waals surface area contributed by atoms with Crippen molar-refractivity contribution in [3.63, 3.8) is 0 Å². The van der Waals surface area contributed by atoms with Crippen LogP contribution in [0.3, 0.4) is 0 Å². The lowest BCUT2D eigenvalue weighted by Gasteiger charge is -2.19. The number of hydrogen-bond acceptors (Lipinski definition) is 6. The van der Waals surface area contributed by atoms with Crippen molar-refractivity contribution in [3.05, 3.63) is 59.9 Å². The van der Waals surface area contributed by atoms with E-state index in [-0.39, 0.29) is 17.6 Å². The molecule has 0 spiro atoms. The van der Waals surface area contributed by atoms with Crippen molar-refractivity contribution < 1.29 is 14.0 Å². The van der Waals surface area contributed by atoms with Crippen LogP contribution in [0.5, 0.6) is 0 Å². The maximum atomic E-state index is 13.5. The van der Waals surface area contributed by atoms with Gasteiger partial charge in [0, 0.05) is 24.3 Å². The minimum Gasteiger partial charge on any atom is -0.339 e. The van der Waals surface area contributed by atoms with Crippen LogP contribution in [-0.2, 0) is 4.79 Å². The Bertz CT molecular complexity index is 1040. The van der Waals surface area contributed by atoms with Gasteiger partial charge in [-0.15, -0.1) is 5.10 Å². The van der Waals surface area contributed by atoms with E-state index in [0.29, 0.717) is 35.2 Å². The summed E-state index contributed by atoms with van der Waals surface area (Å²) in [6, 6.07) is 12.7. The number of rotatable bonds is 8. The van der Waals surface area contributed by atoms with Gasteiger partial charge in [0.15, 0.2) is 0 Å². The highest BCUT2D eigenvalue weighted by molar-refractivity contribution is 7.99. The Morgan fingerprint density at radius 1 is 1.13 bits per heavy atom. The molecule has 2 aromatic carbocycles. The lowest BCUT2D eigenvalue weighted by molar-refractivity contribution is -0.113. The van der Waals surface area contributed by atoms with Gasteiger partial charge in [-0.05, 0) is 60.7 Å². The van der Waals surface area contributed by atoms with Crippen molar-refractivity contribution in [2.45, 2.75) is 19.0 Å². The van der Waals surface area contributed by atoms with Crippen molar-refractivity contribution in [3.8, 4) is 5.69 Å². The summed E-state index contributed by atoms with van der Waals surface area (Å²) in [7, 11) is 0. The highest BCUT2D eigenvalue weighted by atomic mass is 32.2. The maximum absolute atomic E-state index is 13.5. The van der Waals surface area contributed by atoms with Crippen LogP contribution in [0, 0.1) is 5.82 Å². The zero-order chi connectivity index (χ0) is 21.5. The van der Waals surface area contributed by atoms with E-state index in [1.807, 2.05) is 13.8 Å². The monoisotopic (exact) mass is 428 g/mol. The van der Waals surface area contributed by atoms with E-state index in [0.717, 1.165) is 11.8 Å². The average molecular weight is 428 g/mol. The fourth-order valence-electron chi connectivity index (χ4n) is 2.79. The van der Waals surface area contributed by atoms with Gasteiger partial charge in [0.25, 0.3) is 5.91 Å². The van der Waals surface area contributed by atoms with Crippen molar-refractivity contribution >= 4 is 29.3 Å². The first-order valence-electron chi connectivity index (χ1n) is 9.38. The molecule has 156 valence electrons. The molecule has 1 heterocycles. The van der Waals surface area contributed by atoms with E-state index < -0.39 is 5.82 Å². The van der Waals surface area contributed by atoms with Crippen molar-refractivity contribution in [1.29, 1.82) is 0 Å². The number of anilines is 1. The van der Waals surface area contributed by atoms with Gasteiger partial charge in [-0.25, -0.2) is 4.39 Å². The second-order valence-corrected chi connectivity index (χ2v) is 7.19. The zero-order valence-corrected chi connectivity index (χ0v) is 17.4. The number of benzene rings is 2. The molecule has 0 bridgehead atoms. The molecule has 0 aliphatic carbocycles. The van der Waals surface area contributed by atoms with Crippen molar-refractivity contribution in [2.24, 2.45) is 0 Å². The molecule has 10 heteroatoms. The molecule has 2 amide bonds. The molecule has 0 fully saturated rings. The summed E-state index contributed by atoms with van der Waals surface area (Å²) >= 11 is 1.12. The summed E-state index contributed by atoms with van der Waals surface area (Å²) in [4.78, 5) is 26.6. The van der Waals surface area contributed by atoms with E-state index in [2.05, 4.69) is 20.8 Å². The third kappa shape index (κ3) is 5.20. The van der Waals surface area contributed by atoms with Crippen LogP contribution >= 0.6 is 11.8 Å². The average Bonchev–Trinajstić information content (AvgIpc) is 3.22. The molecular formula is C20H21FN6O2S. The lowest BCUT2D eigenvalue weighted by atomic mass is 10.1. The van der Waals surface area contributed by atoms with Gasteiger partial charge in [-0.3, -0.25) is 9.59 Å². The Hall–Kier alpha value is -3.27. The highest BCUT2D eigenvalue weighted by Gasteiger charge is 2.15. The minimum absolute atomic E-state index is 0.0455. The fraction of sp³-hybridized carbons (Fsp3) is 0.250. The Morgan fingerprint density at radius 2 is 1.90 bits per heavy atom. The molecule has 0 atom stereocenters. The molecule has 0 saturated carbocycles. The van der Waals surface area contributed by atoms with Crippen molar-refractivity contribution in [2.75, 3.05) is 24.2 Å². The van der Waals surface area contributed by atoms with Crippen LogP contribution in [0.4, 0.5) is 10.1 Å². The molecule has 0 aliphatic heterocycles. The van der Waals surface area contributed by atoms with Crippen LogP contribution in [-0.4, -0.2) is 55.8 Å². The second-order valence-electron chi connectivity index (χ2n) is 6.25. The zero-order valence-electron chi connectivity index (χ0n) is 16.6. The van der Waals surface area contributed by atoms with Crippen LogP contribution in [0.1, 0.15) is 24.2 Å². The second kappa shape index (κ2) is 9.97. The number of nitrogens with zero attached hydrogens (tertiary/aromatic N) is 5. The number of thioether (sulfide) groups is 1. The van der Waals surface area contributed by atoms with Crippen LogP contribution < -0.4 is 5.32 Å². The topological polar surface area (TPSA) is 93.0 Å². The molecule has 3 rings (SSSR count). The van der Waals surface area contributed by atoms with E-state index in [4.69, 9.17) is 0 Å². The van der Waals surface area contributed by atoms with E-state index in [1.165, 1.54) is 16.8 Å². The Labute approximate surface area is 177 Å². The normalized spacial score (nSPS) is 10.6. The number of halogens is 1. The van der Waals surface area contributed by atoms with Gasteiger partial charge < -0.3 is 10.2 Å². The molecule has 1 aromatic heterocycles. The number of aromatic nitrogens is 4. The lowest BCUT2D eigenvalue weighted by Crippen LogP contribution is -2.30. The Kier molecular flexibility index (Phi) is 7.12. The third-order valence-electron chi connectivity index (χ3n) is 4.27. The number of amides is 2. The Morgan fingerprint density at radius 3 is 2.63 bits per heavy atom. The predicted molar refractivity (Wildman–Crippen MR) is 112 cm³/mol. The summed E-state index contributed by atoms with van der Waals surface area (Å²) in [6.45, 7) is 5.06. The summed E-state index contributed by atoms with van der Waals surface area (Å²) in [6.07, 6.45) is 0. The van der Waals surface area contributed by atoms with Crippen LogP contribution in [0.2, 0.25) is 0 Å². The van der Waals surface area contributed by atoms with E-state index >= 15 is 0 Å². The van der Waals surface area contributed by atoms with Gasteiger partial charge in [0.2, 0.25) is 11.1 Å². The molecule has 0 saturated heterocycles. The summed E-state index contributed by atoms with van der Waals surface area (Å²) in [5.41, 5.74) is 1.51. The standard InChI is InChI=1S/C20H21FN6O2S/c1-3-26(4-2)19(29)14-7-5-9-16(11-14)22-18(28)13-30-20-23-24-25-27(20)17-10-6-8-15(21)12-17/h5-12H,3-4,13H2,1-2H3,(H,22,28). The number of hydrogen-bond donors (Lipinski definition) is 1. The van der Waals surface area contributed by atoms with Gasteiger partial charge in [0.1, 0.15) is 5.82 Å². The minimum atomic E-state index is -0.407. The van der Waals surface area contributed by atoms with Crippen LogP contribution in [0.15, 0.2) is 53.7 Å².